The lowest BCUT2D eigenvalue weighted by atomic mass is 9.98. The van der Waals surface area contributed by atoms with E-state index in [9.17, 15) is 45.4 Å². The van der Waals surface area contributed by atoms with Crippen LogP contribution in [0.5, 0.6) is 0 Å². The van der Waals surface area contributed by atoms with Crippen LogP contribution in [-0.2, 0) is 58.5 Å². The Balaban J connectivity index is 2.33. The standard InChI is InChI=1S/C12H21NO18S3/c14-5-1-4(2-28-33(21,22)23)29-12(7(5)13-32(18,19)20)30-9-8(15)6(31-34(24,25)26)3-27-10(9)11(16)17/h4-10,12-15H,1-3H2,(H,16,17)(H,18,19,20)(H,21,22,23)(H,24,25,26). The zero-order valence-electron chi connectivity index (χ0n) is 16.5. The molecule has 8 atom stereocenters. The van der Waals surface area contributed by atoms with Crippen molar-refractivity contribution in [1.29, 1.82) is 0 Å². The summed E-state index contributed by atoms with van der Waals surface area (Å²) in [6.07, 6.45) is -14.1. The van der Waals surface area contributed by atoms with Gasteiger partial charge in [0.25, 0.3) is 0 Å². The van der Waals surface area contributed by atoms with Crippen molar-refractivity contribution in [2.45, 2.75) is 55.4 Å². The zero-order chi connectivity index (χ0) is 26.1. The molecular formula is C12H21NO18S3. The van der Waals surface area contributed by atoms with Crippen LogP contribution in [0.1, 0.15) is 6.42 Å². The first-order valence-electron chi connectivity index (χ1n) is 8.90. The number of ether oxygens (including phenoxy) is 3. The van der Waals surface area contributed by atoms with Gasteiger partial charge in [-0.1, -0.05) is 0 Å². The highest BCUT2D eigenvalue weighted by atomic mass is 32.3. The van der Waals surface area contributed by atoms with Crippen molar-refractivity contribution in [3.63, 3.8) is 0 Å². The SMILES string of the molecule is O=C(O)C1OCC(OS(=O)(=O)O)C(O)C1OC1OC(COS(=O)(=O)O)CC(O)C1NS(=O)(=O)O. The van der Waals surface area contributed by atoms with Gasteiger partial charge in [0.1, 0.15) is 24.4 Å². The molecule has 22 heteroatoms. The fourth-order valence-corrected chi connectivity index (χ4v) is 4.58. The van der Waals surface area contributed by atoms with Gasteiger partial charge in [0.05, 0.1) is 25.4 Å². The first kappa shape index (κ1) is 29.1. The third kappa shape index (κ3) is 8.83. The molecule has 19 nitrogen and oxygen atoms in total. The molecule has 0 saturated carbocycles. The van der Waals surface area contributed by atoms with Gasteiger partial charge in [-0.05, 0) is 0 Å². The molecule has 0 aromatic heterocycles. The van der Waals surface area contributed by atoms with E-state index in [4.69, 9.17) is 27.9 Å². The molecule has 2 heterocycles. The Morgan fingerprint density at radius 2 is 1.65 bits per heavy atom. The van der Waals surface area contributed by atoms with E-state index in [1.165, 1.54) is 4.72 Å². The molecule has 200 valence electrons. The highest BCUT2D eigenvalue weighted by Gasteiger charge is 2.50. The quantitative estimate of drug-likeness (QED) is 0.123. The van der Waals surface area contributed by atoms with Crippen LogP contribution in [0.2, 0.25) is 0 Å². The van der Waals surface area contributed by atoms with Crippen molar-refractivity contribution in [2.24, 2.45) is 0 Å². The summed E-state index contributed by atoms with van der Waals surface area (Å²) in [4.78, 5) is 11.5. The molecule has 0 amide bonds. The molecule has 7 N–H and O–H groups in total. The third-order valence-electron chi connectivity index (χ3n) is 4.46. The van der Waals surface area contributed by atoms with Crippen molar-refractivity contribution in [2.75, 3.05) is 13.2 Å². The maximum absolute atomic E-state index is 11.5. The minimum atomic E-state index is -5.16. The Hall–Kier alpha value is -1.12. The number of aliphatic carboxylic acids is 1. The lowest BCUT2D eigenvalue weighted by Gasteiger charge is -2.43. The predicted molar refractivity (Wildman–Crippen MR) is 99.9 cm³/mol. The number of hydrogen-bond acceptors (Lipinski definition) is 14. The van der Waals surface area contributed by atoms with Gasteiger partial charge < -0.3 is 29.5 Å². The lowest BCUT2D eigenvalue weighted by molar-refractivity contribution is -0.291. The summed E-state index contributed by atoms with van der Waals surface area (Å²) in [7, 11) is -15.2. The van der Waals surface area contributed by atoms with Gasteiger partial charge in [-0.2, -0.15) is 30.0 Å². The van der Waals surface area contributed by atoms with Crippen LogP contribution in [0, 0.1) is 0 Å². The highest BCUT2D eigenvalue weighted by molar-refractivity contribution is 7.83. The zero-order valence-corrected chi connectivity index (χ0v) is 19.0. The van der Waals surface area contributed by atoms with Gasteiger partial charge in [-0.25, -0.2) is 13.2 Å². The Bertz CT molecular complexity index is 1040. The lowest BCUT2D eigenvalue weighted by Crippen LogP contribution is -2.63. The van der Waals surface area contributed by atoms with Crippen molar-refractivity contribution < 1.29 is 81.6 Å². The first-order chi connectivity index (χ1) is 15.4. The number of carboxylic acids is 1. The van der Waals surface area contributed by atoms with E-state index in [0.29, 0.717) is 0 Å². The Morgan fingerprint density at radius 3 is 2.15 bits per heavy atom. The minimum Gasteiger partial charge on any atom is -0.479 e. The fourth-order valence-electron chi connectivity index (χ4n) is 3.16. The molecule has 2 aliphatic rings. The number of aliphatic hydroxyl groups excluding tert-OH is 2. The van der Waals surface area contributed by atoms with Crippen LogP contribution in [0.25, 0.3) is 0 Å². The molecule has 34 heavy (non-hydrogen) atoms. The van der Waals surface area contributed by atoms with Gasteiger partial charge in [0.2, 0.25) is 0 Å². The van der Waals surface area contributed by atoms with Gasteiger partial charge in [-0.15, -0.1) is 0 Å². The Morgan fingerprint density at radius 1 is 1.03 bits per heavy atom. The number of carboxylic acid groups (broad SMARTS) is 1. The average molecular weight is 563 g/mol. The van der Waals surface area contributed by atoms with Crippen LogP contribution in [0.3, 0.4) is 0 Å². The van der Waals surface area contributed by atoms with Gasteiger partial charge >= 0.3 is 37.1 Å². The normalized spacial score (nSPS) is 35.7. The second kappa shape index (κ2) is 10.9. The molecule has 2 aliphatic heterocycles. The highest BCUT2D eigenvalue weighted by Crippen LogP contribution is 2.29. The van der Waals surface area contributed by atoms with Crippen molar-refractivity contribution in [3.05, 3.63) is 0 Å². The minimum absolute atomic E-state index is 0.552. The molecule has 0 aliphatic carbocycles. The summed E-state index contributed by atoms with van der Waals surface area (Å²) < 4.78 is 118. The molecule has 2 saturated heterocycles. The molecule has 0 spiro atoms. The van der Waals surface area contributed by atoms with E-state index in [-0.39, 0.29) is 0 Å². The predicted octanol–water partition coefficient (Wildman–Crippen LogP) is -4.54. The maximum atomic E-state index is 11.5. The summed E-state index contributed by atoms with van der Waals surface area (Å²) in [6.45, 7) is -1.79. The number of carbonyl (C=O) groups is 1. The van der Waals surface area contributed by atoms with Crippen LogP contribution in [0.4, 0.5) is 0 Å². The molecular weight excluding hydrogens is 542 g/mol. The largest absolute Gasteiger partial charge is 0.479 e. The number of nitrogens with one attached hydrogen (secondary N) is 1. The molecule has 2 fully saturated rings. The monoisotopic (exact) mass is 563 g/mol. The van der Waals surface area contributed by atoms with Crippen LogP contribution in [-0.4, -0.2) is 122 Å². The van der Waals surface area contributed by atoms with E-state index in [1.54, 1.807) is 0 Å². The Kier molecular flexibility index (Phi) is 9.31. The van der Waals surface area contributed by atoms with Crippen LogP contribution >= 0.6 is 0 Å². The van der Waals surface area contributed by atoms with Crippen molar-refractivity contribution >= 4 is 37.1 Å². The summed E-state index contributed by atoms with van der Waals surface area (Å²) >= 11 is 0. The average Bonchev–Trinajstić information content (AvgIpc) is 2.63. The fraction of sp³-hybridized carbons (Fsp3) is 0.917. The molecule has 0 aromatic carbocycles. The summed E-state index contributed by atoms with van der Waals surface area (Å²) in [6, 6.07) is -1.89. The molecule has 2 rings (SSSR count). The number of hydrogen-bond donors (Lipinski definition) is 7. The summed E-state index contributed by atoms with van der Waals surface area (Å²) in [5, 5.41) is 30.0. The van der Waals surface area contributed by atoms with Crippen LogP contribution < -0.4 is 4.72 Å². The molecule has 0 aromatic rings. The molecule has 0 radical (unpaired) electrons. The Labute approximate surface area is 192 Å². The first-order valence-corrected chi connectivity index (χ1v) is 13.1. The van der Waals surface area contributed by atoms with Gasteiger partial charge in [-0.3, -0.25) is 13.7 Å². The molecule has 0 bridgehead atoms. The van der Waals surface area contributed by atoms with Gasteiger partial charge in [0, 0.05) is 6.42 Å². The van der Waals surface area contributed by atoms with E-state index >= 15 is 0 Å². The topological polar surface area (TPSA) is 299 Å². The van der Waals surface area contributed by atoms with Gasteiger partial charge in [0.15, 0.2) is 12.4 Å². The second-order valence-electron chi connectivity index (χ2n) is 7.01. The van der Waals surface area contributed by atoms with E-state index < -0.39 is 106 Å². The number of aliphatic hydroxyl groups is 2. The molecule has 8 unspecified atom stereocenters. The third-order valence-corrected chi connectivity index (χ3v) is 5.96. The van der Waals surface area contributed by atoms with Crippen molar-refractivity contribution in [3.8, 4) is 0 Å². The summed E-state index contributed by atoms with van der Waals surface area (Å²) in [5.74, 6) is -1.75. The van der Waals surface area contributed by atoms with E-state index in [2.05, 4.69) is 8.37 Å². The maximum Gasteiger partial charge on any atom is 0.397 e. The summed E-state index contributed by atoms with van der Waals surface area (Å²) in [5.41, 5.74) is 0. The van der Waals surface area contributed by atoms with Crippen molar-refractivity contribution in [1.82, 2.24) is 4.72 Å². The smallest absolute Gasteiger partial charge is 0.397 e. The second-order valence-corrected chi connectivity index (χ2v) is 10.3. The van der Waals surface area contributed by atoms with Crippen LogP contribution in [0.15, 0.2) is 0 Å². The van der Waals surface area contributed by atoms with E-state index in [0.717, 1.165) is 0 Å². The van der Waals surface area contributed by atoms with E-state index in [1.807, 2.05) is 0 Å². The number of rotatable bonds is 10.